The number of carbonyl (C=O) groups is 1. The van der Waals surface area contributed by atoms with Crippen LogP contribution in [0.5, 0.6) is 11.5 Å². The summed E-state index contributed by atoms with van der Waals surface area (Å²) in [6.45, 7) is 3.35. The molecule has 1 spiro atoms. The molecule has 3 aliphatic carbocycles. The summed E-state index contributed by atoms with van der Waals surface area (Å²) >= 11 is 0. The average molecular weight is 385 g/mol. The van der Waals surface area contributed by atoms with Crippen molar-refractivity contribution in [3.8, 4) is 11.5 Å². The van der Waals surface area contributed by atoms with Crippen LogP contribution in [0.2, 0.25) is 0 Å². The number of esters is 1. The maximum atomic E-state index is 12.2. The number of ether oxygens (including phenoxy) is 2. The van der Waals surface area contributed by atoms with Crippen LogP contribution >= 0.6 is 0 Å². The van der Waals surface area contributed by atoms with Crippen molar-refractivity contribution in [3.05, 3.63) is 23.3 Å². The molecule has 2 bridgehead atoms. The van der Waals surface area contributed by atoms with Crippen molar-refractivity contribution in [2.75, 3.05) is 13.1 Å². The van der Waals surface area contributed by atoms with E-state index in [0.29, 0.717) is 24.3 Å². The van der Waals surface area contributed by atoms with Gasteiger partial charge in [0.15, 0.2) is 11.5 Å². The summed E-state index contributed by atoms with van der Waals surface area (Å²) in [7, 11) is 0. The second-order valence-electron chi connectivity index (χ2n) is 9.47. The highest BCUT2D eigenvalue weighted by atomic mass is 16.6. The Balaban J connectivity index is 1.53. The Bertz CT molecular complexity index is 867. The van der Waals surface area contributed by atoms with Crippen LogP contribution in [-0.2, 0) is 16.6 Å². The SMILES string of the molecule is CC(=O)Oc1ccc2c3c1O[C@H]1[C@@H](O)CCC4(O)[C@@H](C2)N(CC2CC2)CC[C@]314. The maximum Gasteiger partial charge on any atom is 0.308 e. The first-order valence-electron chi connectivity index (χ1n) is 10.6. The van der Waals surface area contributed by atoms with Gasteiger partial charge in [-0.3, -0.25) is 9.69 Å². The van der Waals surface area contributed by atoms with Gasteiger partial charge >= 0.3 is 5.97 Å². The molecular formula is C22H27NO5. The molecule has 2 saturated carbocycles. The Morgan fingerprint density at radius 3 is 2.89 bits per heavy atom. The van der Waals surface area contributed by atoms with Crippen LogP contribution in [0.25, 0.3) is 0 Å². The summed E-state index contributed by atoms with van der Waals surface area (Å²) in [5.74, 6) is 1.34. The van der Waals surface area contributed by atoms with Crippen molar-refractivity contribution in [2.45, 2.75) is 74.7 Å². The smallest absolute Gasteiger partial charge is 0.308 e. The first kappa shape index (κ1) is 17.2. The van der Waals surface area contributed by atoms with E-state index in [1.807, 2.05) is 6.07 Å². The lowest BCUT2D eigenvalue weighted by Crippen LogP contribution is -2.77. The lowest BCUT2D eigenvalue weighted by Gasteiger charge is -2.63. The Kier molecular flexibility index (Phi) is 3.38. The molecule has 6 nitrogen and oxygen atoms in total. The number of aliphatic hydroxyl groups is 2. The van der Waals surface area contributed by atoms with Crippen molar-refractivity contribution in [3.63, 3.8) is 0 Å². The molecule has 1 saturated heterocycles. The van der Waals surface area contributed by atoms with E-state index in [0.717, 1.165) is 43.0 Å². The van der Waals surface area contributed by atoms with Gasteiger partial charge in [-0.05, 0) is 62.6 Å². The predicted octanol–water partition coefficient (Wildman–Crippen LogP) is 1.54. The molecule has 3 fully saturated rings. The number of aliphatic hydroxyl groups excluding tert-OH is 1. The number of rotatable bonds is 3. The lowest BCUT2D eigenvalue weighted by molar-refractivity contribution is -0.208. The van der Waals surface area contributed by atoms with E-state index in [-0.39, 0.29) is 6.04 Å². The molecule has 28 heavy (non-hydrogen) atoms. The van der Waals surface area contributed by atoms with E-state index in [9.17, 15) is 15.0 Å². The van der Waals surface area contributed by atoms with E-state index in [1.165, 1.54) is 19.8 Å². The minimum Gasteiger partial charge on any atom is -0.482 e. The van der Waals surface area contributed by atoms with Gasteiger partial charge in [-0.25, -0.2) is 0 Å². The van der Waals surface area contributed by atoms with Crippen molar-refractivity contribution < 1.29 is 24.5 Å². The highest BCUT2D eigenvalue weighted by Gasteiger charge is 2.73. The topological polar surface area (TPSA) is 79.2 Å². The van der Waals surface area contributed by atoms with Crippen LogP contribution in [0, 0.1) is 5.92 Å². The van der Waals surface area contributed by atoms with E-state index in [1.54, 1.807) is 6.07 Å². The molecule has 2 N–H and O–H groups in total. The zero-order valence-corrected chi connectivity index (χ0v) is 16.2. The number of carbonyl (C=O) groups excluding carboxylic acids is 1. The standard InChI is InChI=1S/C22H27NO5/c1-12(24)27-16-5-4-14-10-17-22(26)7-6-15(25)20-21(22,18(14)19(16)28-20)8-9-23(17)11-13-2-3-13/h4-5,13,15,17,20,25-26H,2-3,6-11H2,1H3/t15-,17+,20-,21-,22?/m0/s1. The third kappa shape index (κ3) is 2.01. The normalized spacial score (nSPS) is 40.6. The molecule has 1 aromatic rings. The Hall–Kier alpha value is -1.63. The number of hydrogen-bond donors (Lipinski definition) is 2. The molecule has 0 aromatic heterocycles. The summed E-state index contributed by atoms with van der Waals surface area (Å²) < 4.78 is 11.7. The second kappa shape index (κ2) is 5.49. The van der Waals surface area contributed by atoms with E-state index in [4.69, 9.17) is 9.47 Å². The minimum atomic E-state index is -0.920. The fourth-order valence-corrected chi connectivity index (χ4v) is 6.68. The third-order valence-electron chi connectivity index (χ3n) is 7.97. The minimum absolute atomic E-state index is 0.0541. The fraction of sp³-hybridized carbons (Fsp3) is 0.682. The molecule has 0 amide bonds. The van der Waals surface area contributed by atoms with E-state index >= 15 is 0 Å². The van der Waals surface area contributed by atoms with Crippen LogP contribution in [0.4, 0.5) is 0 Å². The van der Waals surface area contributed by atoms with Crippen LogP contribution in [0.15, 0.2) is 12.1 Å². The second-order valence-corrected chi connectivity index (χ2v) is 9.47. The number of hydrogen-bond acceptors (Lipinski definition) is 6. The third-order valence-corrected chi connectivity index (χ3v) is 7.97. The van der Waals surface area contributed by atoms with Gasteiger partial charge in [0.05, 0.1) is 17.1 Å². The fourth-order valence-electron chi connectivity index (χ4n) is 6.68. The average Bonchev–Trinajstić information content (AvgIpc) is 3.38. The molecule has 6 rings (SSSR count). The zero-order valence-electron chi connectivity index (χ0n) is 16.2. The number of benzene rings is 1. The van der Waals surface area contributed by atoms with Gasteiger partial charge in [-0.15, -0.1) is 0 Å². The Labute approximate surface area is 164 Å². The van der Waals surface area contributed by atoms with Gasteiger partial charge in [-0.1, -0.05) is 6.07 Å². The van der Waals surface area contributed by atoms with Gasteiger partial charge < -0.3 is 19.7 Å². The summed E-state index contributed by atoms with van der Waals surface area (Å²) in [6.07, 6.45) is 4.13. The van der Waals surface area contributed by atoms with Crippen LogP contribution in [-0.4, -0.2) is 58.0 Å². The molecule has 5 atom stereocenters. The number of piperidine rings is 1. The highest BCUT2D eigenvalue weighted by Crippen LogP contribution is 2.65. The zero-order chi connectivity index (χ0) is 19.3. The lowest BCUT2D eigenvalue weighted by atomic mass is 9.48. The first-order valence-corrected chi connectivity index (χ1v) is 10.6. The van der Waals surface area contributed by atoms with Crippen LogP contribution in [0.1, 0.15) is 50.2 Å². The van der Waals surface area contributed by atoms with Crippen molar-refractivity contribution in [1.29, 1.82) is 0 Å². The molecule has 2 heterocycles. The summed E-state index contributed by atoms with van der Waals surface area (Å²) in [6, 6.07) is 3.89. The highest BCUT2D eigenvalue weighted by molar-refractivity contribution is 5.72. The molecule has 5 aliphatic rings. The first-order chi connectivity index (χ1) is 13.4. The number of likely N-dealkylation sites (tertiary alicyclic amines) is 1. The molecule has 6 heteroatoms. The monoisotopic (exact) mass is 385 g/mol. The predicted molar refractivity (Wildman–Crippen MR) is 100 cm³/mol. The largest absolute Gasteiger partial charge is 0.482 e. The van der Waals surface area contributed by atoms with Crippen molar-refractivity contribution in [2.24, 2.45) is 5.92 Å². The van der Waals surface area contributed by atoms with Gasteiger partial charge in [0, 0.05) is 25.1 Å². The molecule has 150 valence electrons. The van der Waals surface area contributed by atoms with Gasteiger partial charge in [0.1, 0.15) is 6.10 Å². The molecule has 0 radical (unpaired) electrons. The van der Waals surface area contributed by atoms with Crippen molar-refractivity contribution >= 4 is 5.97 Å². The quantitative estimate of drug-likeness (QED) is 0.607. The summed E-state index contributed by atoms with van der Waals surface area (Å²) in [5.41, 5.74) is 0.614. The van der Waals surface area contributed by atoms with Crippen molar-refractivity contribution in [1.82, 2.24) is 4.90 Å². The van der Waals surface area contributed by atoms with Gasteiger partial charge in [-0.2, -0.15) is 0 Å². The Morgan fingerprint density at radius 1 is 1.32 bits per heavy atom. The van der Waals surface area contributed by atoms with E-state index < -0.39 is 29.2 Å². The Morgan fingerprint density at radius 2 is 2.14 bits per heavy atom. The van der Waals surface area contributed by atoms with E-state index in [2.05, 4.69) is 4.90 Å². The molecular weight excluding hydrogens is 358 g/mol. The molecule has 1 aromatic carbocycles. The summed E-state index contributed by atoms with van der Waals surface area (Å²) in [4.78, 5) is 14.1. The van der Waals surface area contributed by atoms with Crippen LogP contribution < -0.4 is 9.47 Å². The van der Waals surface area contributed by atoms with Crippen LogP contribution in [0.3, 0.4) is 0 Å². The molecule has 2 aliphatic heterocycles. The van der Waals surface area contributed by atoms with Gasteiger partial charge in [0.25, 0.3) is 0 Å². The molecule has 1 unspecified atom stereocenters. The van der Waals surface area contributed by atoms with Gasteiger partial charge in [0.2, 0.25) is 0 Å². The number of nitrogens with zero attached hydrogens (tertiary/aromatic N) is 1. The maximum absolute atomic E-state index is 12.2. The summed E-state index contributed by atoms with van der Waals surface area (Å²) in [5, 5.41) is 23.0.